The van der Waals surface area contributed by atoms with E-state index < -0.39 is 23.9 Å². The molecule has 1 aliphatic rings. The second-order valence-corrected chi connectivity index (χ2v) is 9.29. The van der Waals surface area contributed by atoms with Gasteiger partial charge in [-0.15, -0.1) is 0 Å². The van der Waals surface area contributed by atoms with Crippen molar-refractivity contribution in [3.63, 3.8) is 0 Å². The van der Waals surface area contributed by atoms with Gasteiger partial charge in [0.15, 0.2) is 12.0 Å². The number of hydrogen-bond acceptors (Lipinski definition) is 5. The number of amides is 1. The van der Waals surface area contributed by atoms with Crippen molar-refractivity contribution >= 4 is 28.4 Å². The van der Waals surface area contributed by atoms with Crippen LogP contribution in [0.3, 0.4) is 0 Å². The molecule has 1 aliphatic heterocycles. The molecule has 186 valence electrons. The summed E-state index contributed by atoms with van der Waals surface area (Å²) < 4.78 is 36.1. The van der Waals surface area contributed by atoms with Gasteiger partial charge in [0.1, 0.15) is 30.0 Å². The molecule has 36 heavy (non-hydrogen) atoms. The van der Waals surface area contributed by atoms with Crippen molar-refractivity contribution in [1.82, 2.24) is 24.6 Å². The highest BCUT2D eigenvalue weighted by atomic mass is 35.5. The first kappa shape index (κ1) is 24.1. The summed E-state index contributed by atoms with van der Waals surface area (Å²) in [6.45, 7) is 3.89. The zero-order valence-corrected chi connectivity index (χ0v) is 20.8. The Bertz CT molecular complexity index is 1470. The Labute approximate surface area is 211 Å². The summed E-state index contributed by atoms with van der Waals surface area (Å²) in [5, 5.41) is 5.18. The topological polar surface area (TPSA) is 73.1 Å². The number of aromatic nitrogens is 4. The zero-order chi connectivity index (χ0) is 25.6. The fourth-order valence-corrected chi connectivity index (χ4v) is 4.98. The minimum absolute atomic E-state index is 0.00784. The lowest BCUT2D eigenvalue weighted by molar-refractivity contribution is -0.133. The average Bonchev–Trinajstić information content (AvgIpc) is 3.42. The Morgan fingerprint density at radius 3 is 2.78 bits per heavy atom. The van der Waals surface area contributed by atoms with E-state index in [1.807, 2.05) is 32.2 Å². The first-order chi connectivity index (χ1) is 17.2. The first-order valence-corrected chi connectivity index (χ1v) is 11.9. The monoisotopic (exact) mass is 511 g/mol. The molecule has 3 heterocycles. The number of alkyl halides is 1. The number of ether oxygens (including phenoxy) is 1. The quantitative estimate of drug-likeness (QED) is 0.349. The lowest BCUT2D eigenvalue weighted by Gasteiger charge is -2.27. The molecular formula is C26H24ClF2N5O2. The van der Waals surface area contributed by atoms with Crippen LogP contribution >= 0.6 is 11.6 Å². The number of fused-ring (bicyclic) bond motifs is 1. The van der Waals surface area contributed by atoms with Crippen molar-refractivity contribution in [3.8, 4) is 17.1 Å². The third-order valence-electron chi connectivity index (χ3n) is 6.54. The third-order valence-corrected chi connectivity index (χ3v) is 6.88. The van der Waals surface area contributed by atoms with Crippen molar-refractivity contribution in [2.45, 2.75) is 39.1 Å². The van der Waals surface area contributed by atoms with Crippen LogP contribution in [0.15, 0.2) is 42.7 Å². The van der Waals surface area contributed by atoms with E-state index in [9.17, 15) is 13.6 Å². The number of nitrogens with zero attached hydrogens (tertiary/aromatic N) is 5. The second-order valence-electron chi connectivity index (χ2n) is 8.88. The molecule has 2 atom stereocenters. The number of pyridine rings is 1. The largest absolute Gasteiger partial charge is 0.487 e. The summed E-state index contributed by atoms with van der Waals surface area (Å²) in [7, 11) is 1.82. The number of benzene rings is 2. The maximum absolute atomic E-state index is 14.3. The molecule has 0 bridgehead atoms. The Morgan fingerprint density at radius 1 is 1.28 bits per heavy atom. The molecule has 10 heteroatoms. The van der Waals surface area contributed by atoms with Gasteiger partial charge in [-0.3, -0.25) is 4.79 Å². The molecule has 2 aromatic carbocycles. The number of para-hydroxylation sites is 1. The minimum atomic E-state index is -1.54. The van der Waals surface area contributed by atoms with Crippen LogP contribution in [0.2, 0.25) is 5.02 Å². The average molecular weight is 512 g/mol. The predicted molar refractivity (Wildman–Crippen MR) is 132 cm³/mol. The Hall–Kier alpha value is -3.59. The second kappa shape index (κ2) is 9.46. The fourth-order valence-electron chi connectivity index (χ4n) is 4.71. The van der Waals surface area contributed by atoms with E-state index in [1.54, 1.807) is 17.7 Å². The lowest BCUT2D eigenvalue weighted by atomic mass is 10.00. The summed E-state index contributed by atoms with van der Waals surface area (Å²) in [5.41, 5.74) is 3.29. The van der Waals surface area contributed by atoms with Crippen LogP contribution in [0.4, 0.5) is 8.78 Å². The zero-order valence-electron chi connectivity index (χ0n) is 20.0. The normalized spacial score (nSPS) is 16.7. The molecule has 5 rings (SSSR count). The number of aryl methyl sites for hydroxylation is 2. The smallest absolute Gasteiger partial charge is 0.257 e. The van der Waals surface area contributed by atoms with Crippen molar-refractivity contribution < 1.29 is 18.3 Å². The van der Waals surface area contributed by atoms with E-state index in [1.165, 1.54) is 23.4 Å². The van der Waals surface area contributed by atoms with E-state index in [0.717, 1.165) is 16.6 Å². The van der Waals surface area contributed by atoms with Crippen molar-refractivity contribution in [1.29, 1.82) is 0 Å². The highest BCUT2D eigenvalue weighted by Crippen LogP contribution is 2.36. The lowest BCUT2D eigenvalue weighted by Crippen LogP contribution is -2.31. The number of halogens is 3. The highest BCUT2D eigenvalue weighted by Gasteiger charge is 2.36. The van der Waals surface area contributed by atoms with Gasteiger partial charge < -0.3 is 9.64 Å². The maximum atomic E-state index is 14.3. The standard InChI is InChI=1S/C26H24ClF2N5O2/c1-14-9-19(25-30-13-31-33(25)3)17-5-4-6-23(24(17)32-14)36-12-20-18(10-16(28)11-21(20)27)15(2)34-8-7-22(29)26(34)35/h4-6,9-11,13,15,22H,7-8,12H2,1-3H3/t15-,22+/m0/s1. The molecule has 4 aromatic rings. The summed E-state index contributed by atoms with van der Waals surface area (Å²) in [4.78, 5) is 22.8. The molecule has 1 amide bonds. The molecule has 1 fully saturated rings. The van der Waals surface area contributed by atoms with Gasteiger partial charge >= 0.3 is 0 Å². The van der Waals surface area contributed by atoms with Crippen LogP contribution in [0, 0.1) is 12.7 Å². The van der Waals surface area contributed by atoms with E-state index in [-0.39, 0.29) is 24.6 Å². The molecule has 7 nitrogen and oxygen atoms in total. The highest BCUT2D eigenvalue weighted by molar-refractivity contribution is 6.31. The van der Waals surface area contributed by atoms with Crippen molar-refractivity contribution in [2.24, 2.45) is 7.05 Å². The maximum Gasteiger partial charge on any atom is 0.257 e. The molecule has 1 saturated heterocycles. The van der Waals surface area contributed by atoms with Gasteiger partial charge in [-0.1, -0.05) is 23.7 Å². The van der Waals surface area contributed by atoms with Gasteiger partial charge in [-0.25, -0.2) is 23.4 Å². The molecule has 0 unspecified atom stereocenters. The summed E-state index contributed by atoms with van der Waals surface area (Å²) in [6.07, 6.45) is 0.0731. The summed E-state index contributed by atoms with van der Waals surface area (Å²) in [6, 6.07) is 9.49. The SMILES string of the molecule is Cc1cc(-c2ncnn2C)c2cccc(OCc3c(Cl)cc(F)cc3[C@H](C)N3CC[C@@H](F)C3=O)c2n1. The van der Waals surface area contributed by atoms with Crippen LogP contribution in [0.25, 0.3) is 22.3 Å². The van der Waals surface area contributed by atoms with Crippen molar-refractivity contribution in [3.05, 3.63) is 70.4 Å². The number of rotatable bonds is 6. The van der Waals surface area contributed by atoms with Crippen LogP contribution in [-0.2, 0) is 18.4 Å². The molecule has 0 aliphatic carbocycles. The van der Waals surface area contributed by atoms with E-state index in [4.69, 9.17) is 21.3 Å². The van der Waals surface area contributed by atoms with Crippen LogP contribution in [0.5, 0.6) is 5.75 Å². The Balaban J connectivity index is 1.52. The summed E-state index contributed by atoms with van der Waals surface area (Å²) in [5.74, 6) is 0.0751. The van der Waals surface area contributed by atoms with Gasteiger partial charge in [0.05, 0.1) is 11.1 Å². The van der Waals surface area contributed by atoms with Gasteiger partial charge in [0, 0.05) is 42.2 Å². The first-order valence-electron chi connectivity index (χ1n) is 11.5. The Kier molecular flexibility index (Phi) is 6.34. The van der Waals surface area contributed by atoms with Crippen molar-refractivity contribution in [2.75, 3.05) is 6.54 Å². The number of hydrogen-bond donors (Lipinski definition) is 0. The summed E-state index contributed by atoms with van der Waals surface area (Å²) >= 11 is 6.44. The Morgan fingerprint density at radius 2 is 2.08 bits per heavy atom. The molecular weight excluding hydrogens is 488 g/mol. The number of carbonyl (C=O) groups excluding carboxylic acids is 1. The number of likely N-dealkylation sites (tertiary alicyclic amines) is 1. The molecule has 0 N–H and O–H groups in total. The van der Waals surface area contributed by atoms with E-state index in [2.05, 4.69) is 10.1 Å². The van der Waals surface area contributed by atoms with E-state index in [0.29, 0.717) is 28.2 Å². The number of carbonyl (C=O) groups is 1. The van der Waals surface area contributed by atoms with Gasteiger partial charge in [0.2, 0.25) is 0 Å². The van der Waals surface area contributed by atoms with Crippen LogP contribution in [0.1, 0.15) is 36.2 Å². The van der Waals surface area contributed by atoms with Gasteiger partial charge in [-0.2, -0.15) is 5.10 Å². The minimum Gasteiger partial charge on any atom is -0.487 e. The molecule has 0 radical (unpaired) electrons. The molecule has 0 spiro atoms. The van der Waals surface area contributed by atoms with Gasteiger partial charge in [-0.05, 0) is 43.7 Å². The van der Waals surface area contributed by atoms with E-state index >= 15 is 0 Å². The predicted octanol–water partition coefficient (Wildman–Crippen LogP) is 5.34. The third kappa shape index (κ3) is 4.28. The molecule has 2 aromatic heterocycles. The molecule has 0 saturated carbocycles. The fraction of sp³-hybridized carbons (Fsp3) is 0.308. The van der Waals surface area contributed by atoms with Gasteiger partial charge in [0.25, 0.3) is 5.91 Å². The van der Waals surface area contributed by atoms with Crippen LogP contribution < -0.4 is 4.74 Å². The van der Waals surface area contributed by atoms with Crippen LogP contribution in [-0.4, -0.2) is 43.3 Å².